The summed E-state index contributed by atoms with van der Waals surface area (Å²) < 4.78 is 68.2. The highest BCUT2D eigenvalue weighted by Gasteiger charge is 2.65. The van der Waals surface area contributed by atoms with E-state index in [4.69, 9.17) is 28.8 Å². The Labute approximate surface area is 170 Å². The van der Waals surface area contributed by atoms with Crippen LogP contribution in [0.4, 0.5) is 14.6 Å². The average Bonchev–Trinajstić information content (AvgIpc) is 2.92. The van der Waals surface area contributed by atoms with E-state index in [1.165, 1.54) is 6.07 Å². The summed E-state index contributed by atoms with van der Waals surface area (Å²) in [6.45, 7) is 2.70. The lowest BCUT2D eigenvalue weighted by Gasteiger charge is -2.31. The Morgan fingerprint density at radius 2 is 2.27 bits per heavy atom. The fourth-order valence-electron chi connectivity index (χ4n) is 2.98. The van der Waals surface area contributed by atoms with Gasteiger partial charge in [-0.15, -0.1) is 0 Å². The number of halogens is 2. The van der Waals surface area contributed by atoms with Crippen molar-refractivity contribution in [2.75, 3.05) is 25.6 Å². The van der Waals surface area contributed by atoms with Crippen LogP contribution in [0.3, 0.4) is 0 Å². The molecule has 3 rings (SSSR count). The van der Waals surface area contributed by atoms with Crippen molar-refractivity contribution in [3.63, 3.8) is 0 Å². The molecule has 0 aromatic carbocycles. The van der Waals surface area contributed by atoms with E-state index in [0.717, 1.165) is 6.20 Å². The Hall–Kier alpha value is -1.92. The molecule has 0 amide bonds. The Morgan fingerprint density at radius 1 is 1.53 bits per heavy atom. The molecule has 0 saturated carbocycles. The molecule has 2 N–H and O–H groups in total. The van der Waals surface area contributed by atoms with E-state index < -0.39 is 56.4 Å². The summed E-state index contributed by atoms with van der Waals surface area (Å²) in [5.74, 6) is -4.90. The number of nitrogens with two attached hydrogens (primary N) is 1. The lowest BCUT2D eigenvalue weighted by Crippen LogP contribution is -2.45. The van der Waals surface area contributed by atoms with Gasteiger partial charge in [-0.2, -0.15) is 13.8 Å². The number of hydrogen-bond donors (Lipinski definition) is 1. The highest BCUT2D eigenvalue weighted by atomic mass is 31.2. The second-order valence-corrected chi connectivity index (χ2v) is 8.41. The molecule has 0 bridgehead atoms. The molecule has 1 aromatic rings. The van der Waals surface area contributed by atoms with Gasteiger partial charge in [0.2, 0.25) is 6.23 Å². The molecule has 2 saturated heterocycles. The van der Waals surface area contributed by atoms with Crippen LogP contribution in [0.5, 0.6) is 0 Å². The van der Waals surface area contributed by atoms with Crippen LogP contribution in [0.1, 0.15) is 26.5 Å². The maximum absolute atomic E-state index is 14.9. The molecule has 0 aliphatic carbocycles. The van der Waals surface area contributed by atoms with Crippen LogP contribution >= 0.6 is 7.82 Å². The van der Waals surface area contributed by atoms with Gasteiger partial charge in [0.05, 0.1) is 25.7 Å². The first-order chi connectivity index (χ1) is 14.1. The van der Waals surface area contributed by atoms with Crippen LogP contribution in [-0.4, -0.2) is 53.5 Å². The number of carbonyl (C=O) groups is 1. The van der Waals surface area contributed by atoms with Gasteiger partial charge in [0.25, 0.3) is 0 Å². The number of carbonyl (C=O) groups excluding carboxylic acids is 1. The van der Waals surface area contributed by atoms with E-state index in [2.05, 4.69) is 4.98 Å². The van der Waals surface area contributed by atoms with Crippen LogP contribution in [0.25, 0.3) is 0 Å². The molecular weight excluding hydrogens is 431 g/mol. The van der Waals surface area contributed by atoms with Crippen molar-refractivity contribution < 1.29 is 41.2 Å². The molecule has 11 nitrogen and oxygen atoms in total. The van der Waals surface area contributed by atoms with E-state index >= 15 is 0 Å². The van der Waals surface area contributed by atoms with Crippen LogP contribution in [0, 0.1) is 5.92 Å². The van der Waals surface area contributed by atoms with E-state index in [9.17, 15) is 22.9 Å². The van der Waals surface area contributed by atoms with Gasteiger partial charge in [-0.3, -0.25) is 22.9 Å². The largest absolute Gasteiger partial charge is 0.475 e. The van der Waals surface area contributed by atoms with Crippen LogP contribution < -0.4 is 11.4 Å². The van der Waals surface area contributed by atoms with Crippen molar-refractivity contribution in [1.29, 1.82) is 0 Å². The third-order valence-electron chi connectivity index (χ3n) is 4.58. The Kier molecular flexibility index (Phi) is 6.58. The zero-order chi connectivity index (χ0) is 22.1. The Balaban J connectivity index is 1.66. The number of nitrogens with zero attached hydrogens (tertiary/aromatic N) is 2. The molecule has 2 aliphatic rings. The molecule has 2 fully saturated rings. The number of rotatable bonds is 7. The second kappa shape index (κ2) is 8.67. The van der Waals surface area contributed by atoms with Crippen molar-refractivity contribution in [2.45, 2.75) is 44.6 Å². The lowest BCUT2D eigenvalue weighted by atomic mass is 10.1. The van der Waals surface area contributed by atoms with Gasteiger partial charge in [-0.25, -0.2) is 9.36 Å². The number of phosphoric ester groups is 1. The van der Waals surface area contributed by atoms with E-state index in [0.29, 0.717) is 4.57 Å². The van der Waals surface area contributed by atoms with Crippen molar-refractivity contribution in [1.82, 2.24) is 9.55 Å². The number of anilines is 1. The SMILES string of the molecule is CCOC(=O)[C@H](C)CCO[P@]1(=O)OC[C@H]2O[C@@H](n3ccc(N)nc3=O)C(F)(F)[C@@H]2O1. The van der Waals surface area contributed by atoms with Crippen LogP contribution in [0.2, 0.25) is 0 Å². The molecule has 168 valence electrons. The summed E-state index contributed by atoms with van der Waals surface area (Å²) in [6, 6.07) is 1.17. The van der Waals surface area contributed by atoms with Gasteiger partial charge < -0.3 is 15.2 Å². The van der Waals surface area contributed by atoms with E-state index in [-0.39, 0.29) is 25.5 Å². The van der Waals surface area contributed by atoms with Crippen molar-refractivity contribution in [2.24, 2.45) is 5.92 Å². The number of hydrogen-bond acceptors (Lipinski definition) is 10. The fourth-order valence-corrected chi connectivity index (χ4v) is 4.39. The predicted molar refractivity (Wildman–Crippen MR) is 96.6 cm³/mol. The third kappa shape index (κ3) is 4.54. The summed E-state index contributed by atoms with van der Waals surface area (Å²) in [5, 5.41) is 0. The minimum absolute atomic E-state index is 0.117. The number of nitrogen functional groups attached to an aromatic ring is 1. The molecule has 0 unspecified atom stereocenters. The molecular formula is C16H22F2N3O8P. The van der Waals surface area contributed by atoms with Crippen LogP contribution in [-0.2, 0) is 32.4 Å². The number of aromatic nitrogens is 2. The van der Waals surface area contributed by atoms with Crippen LogP contribution in [0.15, 0.2) is 17.1 Å². The van der Waals surface area contributed by atoms with Gasteiger partial charge in [-0.05, 0) is 19.4 Å². The minimum Gasteiger partial charge on any atom is -0.466 e. The lowest BCUT2D eigenvalue weighted by molar-refractivity contribution is -0.148. The number of phosphoric acid groups is 1. The highest BCUT2D eigenvalue weighted by molar-refractivity contribution is 7.48. The maximum atomic E-state index is 14.9. The number of fused-ring (bicyclic) bond motifs is 1. The summed E-state index contributed by atoms with van der Waals surface area (Å²) in [5.41, 5.74) is 4.33. The number of ether oxygens (including phenoxy) is 2. The first-order valence-electron chi connectivity index (χ1n) is 9.19. The molecule has 5 atom stereocenters. The molecule has 0 spiro atoms. The molecule has 0 radical (unpaired) electrons. The Morgan fingerprint density at radius 3 is 2.93 bits per heavy atom. The Bertz CT molecular complexity index is 897. The average molecular weight is 453 g/mol. The van der Waals surface area contributed by atoms with Gasteiger partial charge in [-0.1, -0.05) is 6.92 Å². The fraction of sp³-hybridized carbons (Fsp3) is 0.688. The molecule has 30 heavy (non-hydrogen) atoms. The molecule has 14 heteroatoms. The van der Waals surface area contributed by atoms with Gasteiger partial charge >= 0.3 is 25.4 Å². The second-order valence-electron chi connectivity index (χ2n) is 6.79. The first-order valence-corrected chi connectivity index (χ1v) is 10.7. The summed E-state index contributed by atoms with van der Waals surface area (Å²) in [6.07, 6.45) is -4.18. The maximum Gasteiger partial charge on any atom is 0.475 e. The molecule has 1 aromatic heterocycles. The normalized spacial score (nSPS) is 31.1. The summed E-state index contributed by atoms with van der Waals surface area (Å²) in [4.78, 5) is 26.9. The van der Waals surface area contributed by atoms with E-state index in [1.807, 2.05) is 0 Å². The topological polar surface area (TPSA) is 141 Å². The van der Waals surface area contributed by atoms with Gasteiger partial charge in [0.1, 0.15) is 11.9 Å². The van der Waals surface area contributed by atoms with Crippen molar-refractivity contribution >= 4 is 19.6 Å². The number of esters is 1. The quantitative estimate of drug-likeness (QED) is 0.477. The zero-order valence-electron chi connectivity index (χ0n) is 16.2. The summed E-state index contributed by atoms with van der Waals surface area (Å²) in [7, 11) is -4.34. The first kappa shape index (κ1) is 22.8. The van der Waals surface area contributed by atoms with Gasteiger partial charge in [0, 0.05) is 6.20 Å². The predicted octanol–water partition coefficient (Wildman–Crippen LogP) is 1.49. The highest BCUT2D eigenvalue weighted by Crippen LogP contribution is 2.59. The summed E-state index contributed by atoms with van der Waals surface area (Å²) >= 11 is 0. The monoisotopic (exact) mass is 453 g/mol. The zero-order valence-corrected chi connectivity index (χ0v) is 17.1. The van der Waals surface area contributed by atoms with E-state index in [1.54, 1.807) is 13.8 Å². The number of alkyl halides is 2. The standard InChI is InChI=1S/C16H22F2N3O8P/c1-3-25-13(22)9(2)5-7-26-30(24)27-8-10-12(29-30)16(17,18)14(28-10)21-6-4-11(19)20-15(21)23/h4,6,9-10,12,14H,3,5,7-8H2,1-2H3,(H2,19,20,23)/t9-,10-,12-,14-,30-/m1/s1. The minimum atomic E-state index is -4.34. The molecule has 3 heterocycles. The molecule has 2 aliphatic heterocycles. The van der Waals surface area contributed by atoms with Crippen molar-refractivity contribution in [3.05, 3.63) is 22.7 Å². The third-order valence-corrected chi connectivity index (χ3v) is 6.03. The van der Waals surface area contributed by atoms with Gasteiger partial charge in [0.15, 0.2) is 6.10 Å². The van der Waals surface area contributed by atoms with Crippen molar-refractivity contribution in [3.8, 4) is 0 Å². The smallest absolute Gasteiger partial charge is 0.466 e.